The molecule has 1 unspecified atom stereocenters. The molecule has 2 aliphatic rings. The average Bonchev–Trinajstić information content (AvgIpc) is 3.39. The van der Waals surface area contributed by atoms with Crippen LogP contribution in [-0.2, 0) is 11.3 Å². The third-order valence-corrected chi connectivity index (χ3v) is 5.62. The highest BCUT2D eigenvalue weighted by atomic mass is 35.5. The monoisotopic (exact) mass is 440 g/mol. The Hall–Kier alpha value is -1.60. The van der Waals surface area contributed by atoms with Crippen LogP contribution in [0.25, 0.3) is 11.3 Å². The fourth-order valence-electron chi connectivity index (χ4n) is 3.91. The number of nitrogens with one attached hydrogen (secondary N) is 1. The second kappa shape index (κ2) is 11.6. The van der Waals surface area contributed by atoms with E-state index >= 15 is 0 Å². The fourth-order valence-corrected chi connectivity index (χ4v) is 3.91. The zero-order valence-corrected chi connectivity index (χ0v) is 18.2. The Kier molecular flexibility index (Phi) is 9.43. The lowest BCUT2D eigenvalue weighted by Crippen LogP contribution is -2.48. The molecule has 0 aliphatic carbocycles. The van der Waals surface area contributed by atoms with Crippen molar-refractivity contribution in [1.82, 2.24) is 20.1 Å². The highest BCUT2D eigenvalue weighted by Gasteiger charge is 2.23. The summed E-state index contributed by atoms with van der Waals surface area (Å²) in [4.78, 5) is 21.2. The highest BCUT2D eigenvalue weighted by Crippen LogP contribution is 2.21. The van der Waals surface area contributed by atoms with Crippen molar-refractivity contribution in [3.05, 3.63) is 42.4 Å². The first-order valence-corrected chi connectivity index (χ1v) is 9.99. The second-order valence-corrected chi connectivity index (χ2v) is 7.54. The van der Waals surface area contributed by atoms with Gasteiger partial charge in [0.05, 0.1) is 12.7 Å². The molecule has 29 heavy (non-hydrogen) atoms. The number of nitrogens with zero attached hydrogens (tertiary/aromatic N) is 3. The van der Waals surface area contributed by atoms with Gasteiger partial charge in [-0.2, -0.15) is 0 Å². The van der Waals surface area contributed by atoms with Crippen LogP contribution in [0.15, 0.2) is 40.9 Å². The van der Waals surface area contributed by atoms with E-state index in [0.29, 0.717) is 24.8 Å². The van der Waals surface area contributed by atoms with E-state index in [-0.39, 0.29) is 24.8 Å². The number of hydrogen-bond acceptors (Lipinski definition) is 5. The molecule has 1 atom stereocenters. The normalized spacial score (nSPS) is 19.4. The molecule has 2 fully saturated rings. The number of piperazine rings is 1. The number of hydrogen-bond donors (Lipinski definition) is 1. The Morgan fingerprint density at radius 3 is 2.59 bits per heavy atom. The number of aromatic nitrogens is 1. The molecule has 6 nitrogen and oxygen atoms in total. The summed E-state index contributed by atoms with van der Waals surface area (Å²) >= 11 is 0. The number of oxazole rings is 1. The average molecular weight is 441 g/mol. The quantitative estimate of drug-likeness (QED) is 0.746. The van der Waals surface area contributed by atoms with E-state index in [9.17, 15) is 4.79 Å². The Balaban J connectivity index is 0.00000150. The third kappa shape index (κ3) is 6.44. The maximum absolute atomic E-state index is 12.4. The van der Waals surface area contributed by atoms with Gasteiger partial charge in [-0.1, -0.05) is 30.3 Å². The van der Waals surface area contributed by atoms with Crippen molar-refractivity contribution >= 4 is 30.7 Å². The summed E-state index contributed by atoms with van der Waals surface area (Å²) in [5.41, 5.74) is 1.05. The van der Waals surface area contributed by atoms with Crippen LogP contribution >= 0.6 is 24.8 Å². The number of rotatable bonds is 6. The van der Waals surface area contributed by atoms with E-state index in [1.54, 1.807) is 6.20 Å². The molecular weight excluding hydrogens is 411 g/mol. The van der Waals surface area contributed by atoms with E-state index in [1.807, 2.05) is 35.2 Å². The lowest BCUT2D eigenvalue weighted by molar-refractivity contribution is -0.133. The van der Waals surface area contributed by atoms with Gasteiger partial charge in [-0.25, -0.2) is 4.98 Å². The number of halogens is 2. The van der Waals surface area contributed by atoms with E-state index in [1.165, 1.54) is 6.42 Å². The van der Waals surface area contributed by atoms with Crippen molar-refractivity contribution in [3.8, 4) is 11.3 Å². The topological polar surface area (TPSA) is 61.6 Å². The number of benzene rings is 1. The number of carbonyl (C=O) groups excluding carboxylic acids is 1. The molecule has 160 valence electrons. The molecule has 1 aromatic heterocycles. The van der Waals surface area contributed by atoms with Gasteiger partial charge in [0.2, 0.25) is 11.8 Å². The molecule has 0 radical (unpaired) electrons. The lowest BCUT2D eigenvalue weighted by Gasteiger charge is -2.34. The Morgan fingerprint density at radius 1 is 1.14 bits per heavy atom. The summed E-state index contributed by atoms with van der Waals surface area (Å²) in [6.07, 6.45) is 4.71. The van der Waals surface area contributed by atoms with Gasteiger partial charge in [-0.05, 0) is 31.8 Å². The summed E-state index contributed by atoms with van der Waals surface area (Å²) in [7, 11) is 0. The van der Waals surface area contributed by atoms with Crippen molar-refractivity contribution in [2.75, 3.05) is 39.3 Å². The molecule has 4 rings (SSSR count). The maximum atomic E-state index is 12.4. The van der Waals surface area contributed by atoms with Crippen molar-refractivity contribution in [2.45, 2.75) is 25.8 Å². The minimum atomic E-state index is 0. The largest absolute Gasteiger partial charge is 0.439 e. The van der Waals surface area contributed by atoms with Crippen molar-refractivity contribution in [1.29, 1.82) is 0 Å². The Bertz CT molecular complexity index is 742. The van der Waals surface area contributed by atoms with Crippen LogP contribution in [0.4, 0.5) is 0 Å². The summed E-state index contributed by atoms with van der Waals surface area (Å²) in [5.74, 6) is 2.53. The van der Waals surface area contributed by atoms with Gasteiger partial charge in [0.25, 0.3) is 0 Å². The minimum Gasteiger partial charge on any atom is -0.439 e. The van der Waals surface area contributed by atoms with Crippen molar-refractivity contribution in [2.24, 2.45) is 5.92 Å². The van der Waals surface area contributed by atoms with E-state index < -0.39 is 0 Å². The third-order valence-electron chi connectivity index (χ3n) is 5.62. The summed E-state index contributed by atoms with van der Waals surface area (Å²) in [6, 6.07) is 10.0. The molecule has 2 aromatic rings. The Labute approximate surface area is 184 Å². The van der Waals surface area contributed by atoms with Crippen LogP contribution in [0.1, 0.15) is 25.2 Å². The second-order valence-electron chi connectivity index (χ2n) is 7.54. The van der Waals surface area contributed by atoms with Crippen LogP contribution in [-0.4, -0.2) is 60.0 Å². The van der Waals surface area contributed by atoms with Gasteiger partial charge in [0, 0.05) is 38.2 Å². The molecule has 0 bridgehead atoms. The van der Waals surface area contributed by atoms with E-state index in [2.05, 4.69) is 15.2 Å². The van der Waals surface area contributed by atoms with E-state index in [4.69, 9.17) is 4.42 Å². The van der Waals surface area contributed by atoms with Gasteiger partial charge in [0.15, 0.2) is 5.76 Å². The molecule has 0 spiro atoms. The summed E-state index contributed by atoms with van der Waals surface area (Å²) < 4.78 is 5.90. The predicted molar refractivity (Wildman–Crippen MR) is 119 cm³/mol. The molecule has 8 heteroatoms. The van der Waals surface area contributed by atoms with Crippen LogP contribution in [0.5, 0.6) is 0 Å². The molecule has 2 saturated heterocycles. The Morgan fingerprint density at radius 2 is 1.90 bits per heavy atom. The zero-order chi connectivity index (χ0) is 18.5. The smallest absolute Gasteiger partial charge is 0.222 e. The molecule has 0 saturated carbocycles. The first kappa shape index (κ1) is 23.7. The van der Waals surface area contributed by atoms with Crippen molar-refractivity contribution < 1.29 is 9.21 Å². The molecule has 3 heterocycles. The first-order valence-electron chi connectivity index (χ1n) is 9.99. The van der Waals surface area contributed by atoms with Gasteiger partial charge in [-0.3, -0.25) is 9.69 Å². The number of amides is 1. The molecule has 2 aliphatic heterocycles. The SMILES string of the molecule is Cl.Cl.O=C(CCC1CCNC1)N1CCN(Cc2ncc(-c3ccccc3)o2)CC1. The molecule has 1 amide bonds. The van der Waals surface area contributed by atoms with Gasteiger partial charge in [-0.15, -0.1) is 24.8 Å². The van der Waals surface area contributed by atoms with Crippen LogP contribution in [0.2, 0.25) is 0 Å². The summed E-state index contributed by atoms with van der Waals surface area (Å²) in [5, 5.41) is 3.37. The minimum absolute atomic E-state index is 0. The van der Waals surface area contributed by atoms with Gasteiger partial charge < -0.3 is 14.6 Å². The number of carbonyl (C=O) groups is 1. The zero-order valence-electron chi connectivity index (χ0n) is 16.6. The highest BCUT2D eigenvalue weighted by molar-refractivity contribution is 5.85. The maximum Gasteiger partial charge on any atom is 0.222 e. The van der Waals surface area contributed by atoms with Gasteiger partial charge >= 0.3 is 0 Å². The standard InChI is InChI=1S/C21H28N4O2.2ClH/c26-21(7-6-17-8-9-22-14-17)25-12-10-24(11-13-25)16-20-23-15-19(27-20)18-4-2-1-3-5-18;;/h1-5,15,17,22H,6-14,16H2;2*1H. The summed E-state index contributed by atoms with van der Waals surface area (Å²) in [6.45, 7) is 6.22. The van der Waals surface area contributed by atoms with Crippen LogP contribution in [0, 0.1) is 5.92 Å². The fraction of sp³-hybridized carbons (Fsp3) is 0.524. The first-order chi connectivity index (χ1) is 13.3. The lowest BCUT2D eigenvalue weighted by atomic mass is 10.0. The van der Waals surface area contributed by atoms with E-state index in [0.717, 1.165) is 62.9 Å². The predicted octanol–water partition coefficient (Wildman–Crippen LogP) is 3.22. The van der Waals surface area contributed by atoms with Crippen LogP contribution < -0.4 is 5.32 Å². The molecule has 1 N–H and O–H groups in total. The molecule has 1 aromatic carbocycles. The van der Waals surface area contributed by atoms with Crippen LogP contribution in [0.3, 0.4) is 0 Å². The molecular formula is C21H30Cl2N4O2. The van der Waals surface area contributed by atoms with Gasteiger partial charge in [0.1, 0.15) is 0 Å². The van der Waals surface area contributed by atoms with Crippen molar-refractivity contribution in [3.63, 3.8) is 0 Å².